The molecule has 9 heteroatoms. The molecule has 0 bridgehead atoms. The highest BCUT2D eigenvalue weighted by molar-refractivity contribution is 6.07. The molecule has 7 rings (SSSR count). The topological polar surface area (TPSA) is 99.5 Å². The lowest BCUT2D eigenvalue weighted by Gasteiger charge is -2.25. The molecule has 0 aliphatic carbocycles. The summed E-state index contributed by atoms with van der Waals surface area (Å²) in [5.41, 5.74) is 0.743. The largest absolute Gasteiger partial charge is 0.477 e. The molecule has 3 aromatic heterocycles. The highest BCUT2D eigenvalue weighted by atomic mass is 19.1. The van der Waals surface area contributed by atoms with E-state index in [-0.39, 0.29) is 22.3 Å². The predicted octanol–water partition coefficient (Wildman–Crippen LogP) is 5.02. The Bertz CT molecular complexity index is 1900. The second-order valence-corrected chi connectivity index (χ2v) is 7.97. The number of rotatable bonds is 2. The summed E-state index contributed by atoms with van der Waals surface area (Å²) in [4.78, 5) is 28.8. The first-order valence-electron chi connectivity index (χ1n) is 10.3. The van der Waals surface area contributed by atoms with Gasteiger partial charge in [0, 0.05) is 35.4 Å². The molecule has 4 heterocycles. The van der Waals surface area contributed by atoms with Crippen LogP contribution in [0.2, 0.25) is 0 Å². The first kappa shape index (κ1) is 18.6. The third kappa shape index (κ3) is 2.32. The van der Waals surface area contributed by atoms with Crippen LogP contribution in [-0.4, -0.2) is 25.2 Å². The highest BCUT2D eigenvalue weighted by Crippen LogP contribution is 2.46. The van der Waals surface area contributed by atoms with E-state index in [0.717, 1.165) is 16.8 Å². The molecule has 0 atom stereocenters. The first-order chi connectivity index (χ1) is 16.5. The molecule has 164 valence electrons. The van der Waals surface area contributed by atoms with E-state index in [1.54, 1.807) is 22.9 Å². The van der Waals surface area contributed by atoms with Crippen LogP contribution < -0.4 is 10.2 Å². The number of carboxylic acids is 1. The summed E-state index contributed by atoms with van der Waals surface area (Å²) in [5, 5.41) is 11.2. The van der Waals surface area contributed by atoms with Gasteiger partial charge in [0.25, 0.3) is 0 Å². The van der Waals surface area contributed by atoms with Gasteiger partial charge in [-0.2, -0.15) is 0 Å². The predicted molar refractivity (Wildman–Crippen MR) is 121 cm³/mol. The second kappa shape index (κ2) is 6.32. The number of carboxylic acid groups (broad SMARTS) is 1. The Kier molecular flexibility index (Phi) is 3.46. The highest BCUT2D eigenvalue weighted by Gasteiger charge is 2.30. The van der Waals surface area contributed by atoms with Gasteiger partial charge in [0.2, 0.25) is 5.43 Å². The fourth-order valence-electron chi connectivity index (χ4n) is 4.61. The molecule has 0 spiro atoms. The Balaban J connectivity index is 1.66. The van der Waals surface area contributed by atoms with Gasteiger partial charge in [0.15, 0.2) is 17.3 Å². The standard InChI is InChI=1S/C25H12FN3O5/c26-16-7-14-21-24(22(16)28-6-5-27-11-28)34-20-8-13-12-3-1-2-4-18(12)33-19(13)9-17(20)29(21)10-15(23(14)30)25(31)32/h1-11H,(H,31,32). The number of fused-ring (bicyclic) bond motifs is 5. The van der Waals surface area contributed by atoms with Crippen LogP contribution in [-0.2, 0) is 0 Å². The minimum absolute atomic E-state index is 0.0593. The minimum Gasteiger partial charge on any atom is -0.477 e. The Morgan fingerprint density at radius 3 is 2.71 bits per heavy atom. The van der Waals surface area contributed by atoms with E-state index in [1.807, 2.05) is 24.3 Å². The Morgan fingerprint density at radius 2 is 1.91 bits per heavy atom. The van der Waals surface area contributed by atoms with Gasteiger partial charge in [-0.15, -0.1) is 0 Å². The van der Waals surface area contributed by atoms with Crippen LogP contribution in [0.1, 0.15) is 10.4 Å². The van der Waals surface area contributed by atoms with Crippen molar-refractivity contribution in [1.29, 1.82) is 0 Å². The van der Waals surface area contributed by atoms with Gasteiger partial charge in [-0.3, -0.25) is 4.79 Å². The van der Waals surface area contributed by atoms with Crippen molar-refractivity contribution in [2.75, 3.05) is 0 Å². The number of para-hydroxylation sites is 1. The number of hydrogen-bond donors (Lipinski definition) is 1. The third-order valence-electron chi connectivity index (χ3n) is 6.09. The second-order valence-electron chi connectivity index (χ2n) is 7.97. The summed E-state index contributed by atoms with van der Waals surface area (Å²) < 4.78 is 30.6. The summed E-state index contributed by atoms with van der Waals surface area (Å²) >= 11 is 0. The number of furan rings is 1. The SMILES string of the molecule is O=C(O)c1cn2c3c(c(-n4ccnc4)c(F)cc3c1=O)Oc1cc3c(cc1-2)oc1ccccc13. The molecule has 0 fully saturated rings. The quantitative estimate of drug-likeness (QED) is 0.395. The molecule has 0 unspecified atom stereocenters. The molecule has 3 aromatic carbocycles. The molecule has 8 nitrogen and oxygen atoms in total. The summed E-state index contributed by atoms with van der Waals surface area (Å²) in [6, 6.07) is 12.0. The van der Waals surface area contributed by atoms with Crippen molar-refractivity contribution < 1.29 is 23.4 Å². The summed E-state index contributed by atoms with van der Waals surface area (Å²) in [6.45, 7) is 0. The molecule has 0 amide bonds. The normalized spacial score (nSPS) is 12.3. The monoisotopic (exact) mass is 453 g/mol. The molecule has 34 heavy (non-hydrogen) atoms. The van der Waals surface area contributed by atoms with Crippen LogP contribution in [0.4, 0.5) is 4.39 Å². The molecular formula is C25H12FN3O5. The lowest BCUT2D eigenvalue weighted by Crippen LogP contribution is -2.21. The van der Waals surface area contributed by atoms with Crippen LogP contribution in [0.25, 0.3) is 44.2 Å². The first-order valence-corrected chi connectivity index (χ1v) is 10.3. The zero-order chi connectivity index (χ0) is 23.1. The van der Waals surface area contributed by atoms with Crippen molar-refractivity contribution in [3.05, 3.63) is 89.0 Å². The summed E-state index contributed by atoms with van der Waals surface area (Å²) in [5.74, 6) is -1.71. The smallest absolute Gasteiger partial charge is 0.341 e. The van der Waals surface area contributed by atoms with Crippen molar-refractivity contribution in [3.63, 3.8) is 0 Å². The molecule has 6 aromatic rings. The van der Waals surface area contributed by atoms with Gasteiger partial charge in [0.05, 0.1) is 17.4 Å². The number of imidazole rings is 1. The van der Waals surface area contributed by atoms with Crippen molar-refractivity contribution >= 4 is 38.8 Å². The Morgan fingerprint density at radius 1 is 1.06 bits per heavy atom. The van der Waals surface area contributed by atoms with Crippen molar-refractivity contribution in [2.45, 2.75) is 0 Å². The third-order valence-corrected chi connectivity index (χ3v) is 6.09. The maximum Gasteiger partial charge on any atom is 0.341 e. The van der Waals surface area contributed by atoms with Crippen LogP contribution in [0.15, 0.2) is 76.6 Å². The van der Waals surface area contributed by atoms with Crippen LogP contribution in [0, 0.1) is 5.82 Å². The number of aromatic nitrogens is 3. The lowest BCUT2D eigenvalue weighted by atomic mass is 10.1. The molecule has 1 aliphatic rings. The van der Waals surface area contributed by atoms with E-state index in [1.165, 1.54) is 23.3 Å². The Hall–Kier alpha value is -4.92. The fraction of sp³-hybridized carbons (Fsp3) is 0. The minimum atomic E-state index is -1.41. The fourth-order valence-corrected chi connectivity index (χ4v) is 4.61. The van der Waals surface area contributed by atoms with E-state index in [2.05, 4.69) is 4.98 Å². The molecule has 0 saturated carbocycles. The van der Waals surface area contributed by atoms with Gasteiger partial charge in [-0.25, -0.2) is 14.2 Å². The number of aromatic carboxylic acids is 1. The molecule has 0 radical (unpaired) electrons. The summed E-state index contributed by atoms with van der Waals surface area (Å²) in [7, 11) is 0. The molecular weight excluding hydrogens is 441 g/mol. The Labute approximate surface area is 188 Å². The maximum absolute atomic E-state index is 15.3. The number of ether oxygens (including phenoxy) is 1. The van der Waals surface area contributed by atoms with Crippen LogP contribution in [0.3, 0.4) is 0 Å². The lowest BCUT2D eigenvalue weighted by molar-refractivity contribution is 0.0695. The number of nitrogens with zero attached hydrogens (tertiary/aromatic N) is 3. The molecule has 1 aliphatic heterocycles. The van der Waals surface area contributed by atoms with Crippen LogP contribution in [0.5, 0.6) is 11.5 Å². The number of carbonyl (C=O) groups is 1. The number of pyridine rings is 1. The van der Waals surface area contributed by atoms with Gasteiger partial charge >= 0.3 is 5.97 Å². The zero-order valence-electron chi connectivity index (χ0n) is 17.2. The number of hydrogen-bond acceptors (Lipinski definition) is 5. The van der Waals surface area contributed by atoms with Gasteiger partial charge < -0.3 is 23.4 Å². The average molecular weight is 453 g/mol. The van der Waals surface area contributed by atoms with E-state index < -0.39 is 22.8 Å². The van der Waals surface area contributed by atoms with E-state index in [0.29, 0.717) is 22.6 Å². The van der Waals surface area contributed by atoms with Crippen LogP contribution >= 0.6 is 0 Å². The van der Waals surface area contributed by atoms with Gasteiger partial charge in [-0.1, -0.05) is 18.2 Å². The molecule has 0 saturated heterocycles. The van der Waals surface area contributed by atoms with E-state index in [9.17, 15) is 14.7 Å². The number of halogens is 1. The van der Waals surface area contributed by atoms with Crippen molar-refractivity contribution in [3.8, 4) is 22.9 Å². The number of benzene rings is 3. The zero-order valence-corrected chi connectivity index (χ0v) is 17.2. The average Bonchev–Trinajstić information content (AvgIpc) is 3.47. The maximum atomic E-state index is 15.3. The van der Waals surface area contributed by atoms with Crippen molar-refractivity contribution in [1.82, 2.24) is 14.1 Å². The van der Waals surface area contributed by atoms with E-state index in [4.69, 9.17) is 9.15 Å². The van der Waals surface area contributed by atoms with Crippen molar-refractivity contribution in [2.24, 2.45) is 0 Å². The van der Waals surface area contributed by atoms with E-state index >= 15 is 4.39 Å². The summed E-state index contributed by atoms with van der Waals surface area (Å²) in [6.07, 6.45) is 5.71. The van der Waals surface area contributed by atoms with Gasteiger partial charge in [-0.05, 0) is 18.2 Å². The van der Waals surface area contributed by atoms with Gasteiger partial charge in [0.1, 0.15) is 27.9 Å². The molecule has 1 N–H and O–H groups in total.